The molecule has 3 heteroatoms. The predicted octanol–water partition coefficient (Wildman–Crippen LogP) is 16.6. The summed E-state index contributed by atoms with van der Waals surface area (Å²) in [6.07, 6.45) is 0. The first-order chi connectivity index (χ1) is 31.2. The number of rotatable bonds is 4. The number of benzene rings is 11. The molecule has 0 fully saturated rings. The first kappa shape index (κ1) is 34.3. The fourth-order valence-electron chi connectivity index (χ4n) is 10.6. The van der Waals surface area contributed by atoms with Crippen LogP contribution in [0.25, 0.3) is 131 Å². The molecule has 0 radical (unpaired) electrons. The van der Waals surface area contributed by atoms with Gasteiger partial charge in [0.15, 0.2) is 0 Å². The quantitative estimate of drug-likeness (QED) is 0.163. The Kier molecular flexibility index (Phi) is 7.11. The Bertz CT molecular complexity index is 4160. The van der Waals surface area contributed by atoms with E-state index in [9.17, 15) is 0 Å². The molecule has 0 aliphatic heterocycles. The maximum atomic E-state index is 6.20. The van der Waals surface area contributed by atoms with Gasteiger partial charge < -0.3 is 13.6 Å². The zero-order valence-electron chi connectivity index (χ0n) is 34.1. The zero-order valence-corrected chi connectivity index (χ0v) is 34.1. The SMILES string of the molecule is c1ccc2c(c1)oc1ccc(-n3c4ccccc4c4cc(-c5ccc6c7ccccc7n(-c7ccc(-c8ccc9c%10ccccc%10c%10ccccc%10c9c8)cc7)c6c5)ccc43)cc12. The molecule has 0 aliphatic carbocycles. The Morgan fingerprint density at radius 3 is 1.37 bits per heavy atom. The molecule has 0 aliphatic rings. The lowest BCUT2D eigenvalue weighted by Gasteiger charge is -2.13. The van der Waals surface area contributed by atoms with Gasteiger partial charge in [0.1, 0.15) is 11.2 Å². The Hall–Kier alpha value is -8.40. The molecule has 0 unspecified atom stereocenters. The van der Waals surface area contributed by atoms with E-state index >= 15 is 0 Å². The third-order valence-corrected chi connectivity index (χ3v) is 13.5. The van der Waals surface area contributed by atoms with Gasteiger partial charge in [0.2, 0.25) is 0 Å². The Morgan fingerprint density at radius 2 is 0.651 bits per heavy atom. The molecule has 0 saturated heterocycles. The second-order valence-electron chi connectivity index (χ2n) is 16.8. The number of para-hydroxylation sites is 3. The molecule has 3 aromatic heterocycles. The van der Waals surface area contributed by atoms with Crippen molar-refractivity contribution in [3.63, 3.8) is 0 Å². The minimum atomic E-state index is 0.902. The monoisotopic (exact) mass is 800 g/mol. The van der Waals surface area contributed by atoms with E-state index in [1.165, 1.54) is 98.2 Å². The number of aromatic nitrogens is 2. The first-order valence-electron chi connectivity index (χ1n) is 21.7. The van der Waals surface area contributed by atoms with Crippen molar-refractivity contribution < 1.29 is 4.42 Å². The molecule has 0 N–H and O–H groups in total. The van der Waals surface area contributed by atoms with Crippen molar-refractivity contribution in [1.82, 2.24) is 9.13 Å². The van der Waals surface area contributed by atoms with Crippen LogP contribution in [0.1, 0.15) is 0 Å². The molecule has 0 spiro atoms. The molecule has 14 aromatic rings. The summed E-state index contributed by atoms with van der Waals surface area (Å²) in [6.45, 7) is 0. The summed E-state index contributed by atoms with van der Waals surface area (Å²) in [7, 11) is 0. The van der Waals surface area contributed by atoms with Crippen molar-refractivity contribution in [1.29, 1.82) is 0 Å². The van der Waals surface area contributed by atoms with Crippen molar-refractivity contribution in [3.05, 3.63) is 218 Å². The first-order valence-corrected chi connectivity index (χ1v) is 21.7. The third-order valence-electron chi connectivity index (χ3n) is 13.5. The van der Waals surface area contributed by atoms with E-state index in [1.807, 2.05) is 12.1 Å². The van der Waals surface area contributed by atoms with E-state index in [4.69, 9.17) is 4.42 Å². The summed E-state index contributed by atoms with van der Waals surface area (Å²) in [6, 6.07) is 79.9. The maximum absolute atomic E-state index is 6.20. The van der Waals surface area contributed by atoms with Crippen molar-refractivity contribution >= 4 is 97.9 Å². The van der Waals surface area contributed by atoms with E-state index in [0.717, 1.165) is 33.3 Å². The van der Waals surface area contributed by atoms with Crippen LogP contribution in [-0.2, 0) is 0 Å². The summed E-state index contributed by atoms with van der Waals surface area (Å²) < 4.78 is 11.0. The van der Waals surface area contributed by atoms with Crippen molar-refractivity contribution in [3.8, 4) is 33.6 Å². The van der Waals surface area contributed by atoms with Gasteiger partial charge in [-0.3, -0.25) is 0 Å². The van der Waals surface area contributed by atoms with E-state index in [0.29, 0.717) is 0 Å². The number of nitrogens with zero attached hydrogens (tertiary/aromatic N) is 2. The van der Waals surface area contributed by atoms with Gasteiger partial charge in [0, 0.05) is 43.7 Å². The molecule has 3 heterocycles. The van der Waals surface area contributed by atoms with Crippen LogP contribution in [0.2, 0.25) is 0 Å². The van der Waals surface area contributed by atoms with Crippen LogP contribution in [0.4, 0.5) is 0 Å². The molecule has 14 rings (SSSR count). The topological polar surface area (TPSA) is 23.0 Å². The lowest BCUT2D eigenvalue weighted by Crippen LogP contribution is -1.94. The lowest BCUT2D eigenvalue weighted by molar-refractivity contribution is 0.669. The smallest absolute Gasteiger partial charge is 0.135 e. The van der Waals surface area contributed by atoms with Gasteiger partial charge in [-0.15, -0.1) is 0 Å². The highest BCUT2D eigenvalue weighted by Crippen LogP contribution is 2.41. The van der Waals surface area contributed by atoms with Gasteiger partial charge in [-0.2, -0.15) is 0 Å². The normalized spacial score (nSPS) is 12.1. The van der Waals surface area contributed by atoms with Crippen LogP contribution in [0.5, 0.6) is 0 Å². The Labute approximate surface area is 361 Å². The number of fused-ring (bicyclic) bond motifs is 15. The Balaban J connectivity index is 0.889. The van der Waals surface area contributed by atoms with Crippen LogP contribution in [0, 0.1) is 0 Å². The highest BCUT2D eigenvalue weighted by Gasteiger charge is 2.18. The molecule has 63 heavy (non-hydrogen) atoms. The third kappa shape index (κ3) is 5.02. The molecular formula is C60H36N2O. The molecular weight excluding hydrogens is 765 g/mol. The minimum absolute atomic E-state index is 0.902. The number of hydrogen-bond acceptors (Lipinski definition) is 1. The van der Waals surface area contributed by atoms with Gasteiger partial charge in [-0.1, -0.05) is 146 Å². The van der Waals surface area contributed by atoms with Gasteiger partial charge in [0.05, 0.1) is 22.1 Å². The highest BCUT2D eigenvalue weighted by atomic mass is 16.3. The zero-order chi connectivity index (χ0) is 41.2. The average molecular weight is 801 g/mol. The summed E-state index contributed by atoms with van der Waals surface area (Å²) in [4.78, 5) is 0. The van der Waals surface area contributed by atoms with Crippen LogP contribution < -0.4 is 0 Å². The van der Waals surface area contributed by atoms with Crippen molar-refractivity contribution in [2.75, 3.05) is 0 Å². The summed E-state index contributed by atoms with van der Waals surface area (Å²) in [5.74, 6) is 0. The summed E-state index contributed by atoms with van der Waals surface area (Å²) >= 11 is 0. The molecule has 0 bridgehead atoms. The fraction of sp³-hybridized carbons (Fsp3) is 0. The molecule has 0 amide bonds. The standard InChI is InChI=1S/C60H36N2O/c1-2-13-45-43(11-1)44-12-3-4-14-46(44)52-33-38(23-29-47(45)52)37-21-26-41(27-22-37)61-55-18-8-5-15-48(55)50-30-24-40(35-58(50)61)39-25-31-57-53(34-39)49-16-6-9-19-56(49)62(57)42-28-32-60-54(36-42)51-17-7-10-20-59(51)63-60/h1-36H. The minimum Gasteiger partial charge on any atom is -0.456 e. The maximum Gasteiger partial charge on any atom is 0.135 e. The van der Waals surface area contributed by atoms with Crippen LogP contribution >= 0.6 is 0 Å². The molecule has 0 saturated carbocycles. The largest absolute Gasteiger partial charge is 0.456 e. The summed E-state index contributed by atoms with van der Waals surface area (Å²) in [5, 5.41) is 15.0. The second-order valence-corrected chi connectivity index (χ2v) is 16.8. The molecule has 292 valence electrons. The predicted molar refractivity (Wildman–Crippen MR) is 266 cm³/mol. The molecule has 0 atom stereocenters. The van der Waals surface area contributed by atoms with E-state index in [-0.39, 0.29) is 0 Å². The fourth-order valence-corrected chi connectivity index (χ4v) is 10.6. The van der Waals surface area contributed by atoms with Gasteiger partial charge in [0.25, 0.3) is 0 Å². The summed E-state index contributed by atoms with van der Waals surface area (Å²) in [5.41, 5.74) is 13.6. The number of furan rings is 1. The molecule has 11 aromatic carbocycles. The average Bonchev–Trinajstić information content (AvgIpc) is 4.01. The van der Waals surface area contributed by atoms with Crippen LogP contribution in [-0.4, -0.2) is 9.13 Å². The highest BCUT2D eigenvalue weighted by molar-refractivity contribution is 6.26. The van der Waals surface area contributed by atoms with Gasteiger partial charge in [-0.05, 0) is 127 Å². The lowest BCUT2D eigenvalue weighted by atomic mass is 9.92. The second kappa shape index (κ2) is 13.1. The Morgan fingerprint density at radius 1 is 0.222 bits per heavy atom. The van der Waals surface area contributed by atoms with Crippen molar-refractivity contribution in [2.45, 2.75) is 0 Å². The van der Waals surface area contributed by atoms with Crippen molar-refractivity contribution in [2.24, 2.45) is 0 Å². The van der Waals surface area contributed by atoms with Crippen LogP contribution in [0.15, 0.2) is 223 Å². The molecule has 3 nitrogen and oxygen atoms in total. The van der Waals surface area contributed by atoms with E-state index < -0.39 is 0 Å². The van der Waals surface area contributed by atoms with E-state index in [2.05, 4.69) is 215 Å². The van der Waals surface area contributed by atoms with Crippen LogP contribution in [0.3, 0.4) is 0 Å². The van der Waals surface area contributed by atoms with Gasteiger partial charge >= 0.3 is 0 Å². The van der Waals surface area contributed by atoms with E-state index in [1.54, 1.807) is 0 Å². The van der Waals surface area contributed by atoms with Gasteiger partial charge in [-0.25, -0.2) is 0 Å². The number of hydrogen-bond donors (Lipinski definition) is 0.